The van der Waals surface area contributed by atoms with Gasteiger partial charge in [0.25, 0.3) is 0 Å². The lowest BCUT2D eigenvalue weighted by atomic mass is 10.1. The van der Waals surface area contributed by atoms with Crippen LogP contribution >= 0.6 is 0 Å². The summed E-state index contributed by atoms with van der Waals surface area (Å²) in [6.07, 6.45) is 0. The monoisotopic (exact) mass is 224 g/mol. The Morgan fingerprint density at radius 2 is 2.31 bits per heavy atom. The summed E-state index contributed by atoms with van der Waals surface area (Å²) in [5.41, 5.74) is 5.90. The summed E-state index contributed by atoms with van der Waals surface area (Å²) in [6, 6.07) is 4.13. The van der Waals surface area contributed by atoms with Gasteiger partial charge in [-0.15, -0.1) is 0 Å². The molecule has 5 nitrogen and oxygen atoms in total. The van der Waals surface area contributed by atoms with Crippen LogP contribution in [0.25, 0.3) is 0 Å². The zero-order valence-corrected chi connectivity index (χ0v) is 9.36. The fraction of sp³-hybridized carbons (Fsp3) is 0.364. The maximum atomic E-state index is 11.1. The van der Waals surface area contributed by atoms with Crippen molar-refractivity contribution in [2.75, 3.05) is 13.7 Å². The quantitative estimate of drug-likeness (QED) is 0.681. The van der Waals surface area contributed by atoms with E-state index in [0.717, 1.165) is 0 Å². The summed E-state index contributed by atoms with van der Waals surface area (Å²) in [6.45, 7) is 2.26. The van der Waals surface area contributed by atoms with Gasteiger partial charge in [-0.25, -0.2) is 0 Å². The van der Waals surface area contributed by atoms with Crippen LogP contribution in [-0.2, 0) is 4.79 Å². The second-order valence-electron chi connectivity index (χ2n) is 3.28. The molecule has 5 heteroatoms. The number of hydrogen-bond acceptors (Lipinski definition) is 4. The molecule has 0 heterocycles. The van der Waals surface area contributed by atoms with Gasteiger partial charge in [-0.2, -0.15) is 0 Å². The van der Waals surface area contributed by atoms with Crippen molar-refractivity contribution in [2.45, 2.75) is 13.0 Å². The molecule has 0 aliphatic heterocycles. The highest BCUT2D eigenvalue weighted by molar-refractivity contribution is 5.81. The van der Waals surface area contributed by atoms with E-state index in [2.05, 4.69) is 5.32 Å². The first kappa shape index (κ1) is 12.3. The molecule has 1 aromatic rings. The molecule has 1 amide bonds. The molecular formula is C11H16N2O3. The van der Waals surface area contributed by atoms with Crippen molar-refractivity contribution in [3.63, 3.8) is 0 Å². The van der Waals surface area contributed by atoms with Crippen molar-refractivity contribution in [1.82, 2.24) is 5.32 Å². The highest BCUT2D eigenvalue weighted by Gasteiger charge is 2.17. The van der Waals surface area contributed by atoms with Gasteiger partial charge in [0.15, 0.2) is 11.5 Å². The first-order valence-electron chi connectivity index (χ1n) is 5.02. The van der Waals surface area contributed by atoms with Crippen molar-refractivity contribution in [3.05, 3.63) is 23.8 Å². The first-order chi connectivity index (χ1) is 7.60. The Kier molecular flexibility index (Phi) is 4.13. The molecule has 0 fully saturated rings. The number of ether oxygens (including phenoxy) is 1. The molecule has 0 aliphatic rings. The second-order valence-corrected chi connectivity index (χ2v) is 3.28. The van der Waals surface area contributed by atoms with Gasteiger partial charge in [0.05, 0.1) is 6.61 Å². The molecule has 4 N–H and O–H groups in total. The van der Waals surface area contributed by atoms with E-state index < -0.39 is 11.9 Å². The minimum atomic E-state index is -0.584. The maximum Gasteiger partial charge on any atom is 0.239 e. The van der Waals surface area contributed by atoms with Crippen LogP contribution in [-0.4, -0.2) is 24.7 Å². The summed E-state index contributed by atoms with van der Waals surface area (Å²) in [5, 5.41) is 12.3. The fourth-order valence-electron chi connectivity index (χ4n) is 1.45. The molecule has 0 saturated carbocycles. The molecule has 16 heavy (non-hydrogen) atoms. The Hall–Kier alpha value is -1.75. The Morgan fingerprint density at radius 1 is 1.62 bits per heavy atom. The van der Waals surface area contributed by atoms with Crippen LogP contribution in [0.15, 0.2) is 18.2 Å². The molecule has 1 unspecified atom stereocenters. The number of benzene rings is 1. The van der Waals surface area contributed by atoms with Gasteiger partial charge >= 0.3 is 0 Å². The van der Waals surface area contributed by atoms with Gasteiger partial charge in [-0.05, 0) is 31.7 Å². The SMILES string of the molecule is CCOc1cc(C(NC)C(N)=O)ccc1O. The highest BCUT2D eigenvalue weighted by atomic mass is 16.5. The van der Waals surface area contributed by atoms with E-state index in [1.807, 2.05) is 6.92 Å². The van der Waals surface area contributed by atoms with E-state index in [9.17, 15) is 9.90 Å². The molecule has 0 radical (unpaired) electrons. The summed E-state index contributed by atoms with van der Waals surface area (Å²) >= 11 is 0. The lowest BCUT2D eigenvalue weighted by molar-refractivity contribution is -0.120. The molecule has 1 atom stereocenters. The molecule has 0 aliphatic carbocycles. The van der Waals surface area contributed by atoms with E-state index >= 15 is 0 Å². The van der Waals surface area contributed by atoms with Crippen LogP contribution in [0, 0.1) is 0 Å². The number of likely N-dealkylation sites (N-methyl/N-ethyl adjacent to an activating group) is 1. The smallest absolute Gasteiger partial charge is 0.239 e. The minimum absolute atomic E-state index is 0.0462. The molecule has 1 aromatic carbocycles. The van der Waals surface area contributed by atoms with Gasteiger partial charge < -0.3 is 20.9 Å². The Bertz CT molecular complexity index is 379. The van der Waals surface area contributed by atoms with Crippen molar-refractivity contribution in [3.8, 4) is 11.5 Å². The van der Waals surface area contributed by atoms with Crippen LogP contribution in [0.3, 0.4) is 0 Å². The highest BCUT2D eigenvalue weighted by Crippen LogP contribution is 2.29. The number of phenolic OH excluding ortho intramolecular Hbond substituents is 1. The van der Waals surface area contributed by atoms with Crippen LogP contribution in [0.1, 0.15) is 18.5 Å². The topological polar surface area (TPSA) is 84.6 Å². The van der Waals surface area contributed by atoms with Crippen LogP contribution in [0.2, 0.25) is 0 Å². The van der Waals surface area contributed by atoms with Crippen molar-refractivity contribution in [2.24, 2.45) is 5.73 Å². The second kappa shape index (κ2) is 5.37. The van der Waals surface area contributed by atoms with Gasteiger partial charge in [0.2, 0.25) is 5.91 Å². The number of carbonyl (C=O) groups is 1. The normalized spacial score (nSPS) is 12.1. The average molecular weight is 224 g/mol. The number of hydrogen-bond donors (Lipinski definition) is 3. The number of primary amides is 1. The van der Waals surface area contributed by atoms with E-state index in [1.54, 1.807) is 19.2 Å². The summed E-state index contributed by atoms with van der Waals surface area (Å²) < 4.78 is 5.22. The van der Waals surface area contributed by atoms with E-state index in [0.29, 0.717) is 17.9 Å². The van der Waals surface area contributed by atoms with E-state index in [-0.39, 0.29) is 5.75 Å². The van der Waals surface area contributed by atoms with Gasteiger partial charge in [-0.1, -0.05) is 6.07 Å². The number of aromatic hydroxyl groups is 1. The van der Waals surface area contributed by atoms with Crippen LogP contribution < -0.4 is 15.8 Å². The number of nitrogens with one attached hydrogen (secondary N) is 1. The summed E-state index contributed by atoms with van der Waals surface area (Å²) in [4.78, 5) is 11.1. The Morgan fingerprint density at radius 3 is 2.81 bits per heavy atom. The Labute approximate surface area is 94.2 Å². The van der Waals surface area contributed by atoms with Gasteiger partial charge in [0, 0.05) is 0 Å². The number of nitrogens with two attached hydrogens (primary N) is 1. The molecule has 1 rings (SSSR count). The largest absolute Gasteiger partial charge is 0.504 e. The number of rotatable bonds is 5. The van der Waals surface area contributed by atoms with Crippen LogP contribution in [0.4, 0.5) is 0 Å². The molecule has 0 aromatic heterocycles. The molecule has 0 saturated heterocycles. The first-order valence-corrected chi connectivity index (χ1v) is 5.02. The zero-order valence-electron chi connectivity index (χ0n) is 9.36. The van der Waals surface area contributed by atoms with Crippen molar-refractivity contribution >= 4 is 5.91 Å². The molecule has 88 valence electrons. The third-order valence-corrected chi connectivity index (χ3v) is 2.19. The molecule has 0 spiro atoms. The van der Waals surface area contributed by atoms with Crippen molar-refractivity contribution < 1.29 is 14.6 Å². The third kappa shape index (κ3) is 2.64. The van der Waals surface area contributed by atoms with Gasteiger partial charge in [-0.3, -0.25) is 4.79 Å². The lowest BCUT2D eigenvalue weighted by Gasteiger charge is -2.14. The molecule has 0 bridgehead atoms. The minimum Gasteiger partial charge on any atom is -0.504 e. The van der Waals surface area contributed by atoms with Gasteiger partial charge in [0.1, 0.15) is 6.04 Å². The number of carbonyl (C=O) groups excluding carboxylic acids is 1. The predicted octanol–water partition coefficient (Wildman–Crippen LogP) is 0.537. The average Bonchev–Trinajstić information content (AvgIpc) is 2.23. The maximum absolute atomic E-state index is 11.1. The summed E-state index contributed by atoms with van der Waals surface area (Å²) in [5.74, 6) is -0.0814. The lowest BCUT2D eigenvalue weighted by Crippen LogP contribution is -2.31. The predicted molar refractivity (Wildman–Crippen MR) is 60.3 cm³/mol. The zero-order chi connectivity index (χ0) is 12.1. The Balaban J connectivity index is 3.05. The van der Waals surface area contributed by atoms with Crippen molar-refractivity contribution in [1.29, 1.82) is 0 Å². The number of phenols is 1. The summed E-state index contributed by atoms with van der Waals surface area (Å²) in [7, 11) is 1.64. The fourth-order valence-corrected chi connectivity index (χ4v) is 1.45. The van der Waals surface area contributed by atoms with E-state index in [4.69, 9.17) is 10.5 Å². The number of amides is 1. The molecular weight excluding hydrogens is 208 g/mol. The standard InChI is InChI=1S/C11H16N2O3/c1-3-16-9-6-7(4-5-8(9)14)10(13-2)11(12)15/h4-6,10,13-14H,3H2,1-2H3,(H2,12,15). The van der Waals surface area contributed by atoms with E-state index in [1.165, 1.54) is 6.07 Å². The van der Waals surface area contributed by atoms with Crippen LogP contribution in [0.5, 0.6) is 11.5 Å². The third-order valence-electron chi connectivity index (χ3n) is 2.19.